The van der Waals surface area contributed by atoms with E-state index in [0.717, 1.165) is 0 Å². The monoisotopic (exact) mass is 319 g/mol. The maximum atomic E-state index is 12.4. The predicted octanol–water partition coefficient (Wildman–Crippen LogP) is 2.04. The van der Waals surface area contributed by atoms with Crippen molar-refractivity contribution >= 4 is 17.5 Å². The second-order valence-electron chi connectivity index (χ2n) is 4.80. The summed E-state index contributed by atoms with van der Waals surface area (Å²) < 4.78 is 10.8. The smallest absolute Gasteiger partial charge is 0.259 e. The summed E-state index contributed by atoms with van der Waals surface area (Å²) in [6, 6.07) is 6.85. The van der Waals surface area contributed by atoms with Gasteiger partial charge in [-0.3, -0.25) is 4.79 Å². The van der Waals surface area contributed by atoms with Crippen molar-refractivity contribution in [1.82, 2.24) is 14.9 Å². The van der Waals surface area contributed by atoms with E-state index in [1.807, 2.05) is 0 Å². The van der Waals surface area contributed by atoms with Gasteiger partial charge in [-0.1, -0.05) is 11.6 Å². The van der Waals surface area contributed by atoms with Crippen LogP contribution in [0.15, 0.2) is 36.7 Å². The zero-order valence-electron chi connectivity index (χ0n) is 11.9. The number of hydrogen-bond donors (Lipinski definition) is 0. The van der Waals surface area contributed by atoms with Crippen molar-refractivity contribution in [2.45, 2.75) is 6.10 Å². The van der Waals surface area contributed by atoms with Gasteiger partial charge in [0.25, 0.3) is 5.91 Å². The Balaban J connectivity index is 1.61. The van der Waals surface area contributed by atoms with Gasteiger partial charge in [0.05, 0.1) is 20.2 Å². The van der Waals surface area contributed by atoms with Crippen LogP contribution >= 0.6 is 11.6 Å². The summed E-state index contributed by atoms with van der Waals surface area (Å²) in [5.74, 6) is 0.585. The molecule has 0 unspecified atom stereocenters. The molecule has 0 radical (unpaired) electrons. The van der Waals surface area contributed by atoms with E-state index < -0.39 is 0 Å². The zero-order valence-corrected chi connectivity index (χ0v) is 12.7. The van der Waals surface area contributed by atoms with E-state index in [0.29, 0.717) is 35.4 Å². The maximum absolute atomic E-state index is 12.4. The molecular weight excluding hydrogens is 306 g/mol. The molecule has 114 valence electrons. The average molecular weight is 320 g/mol. The van der Waals surface area contributed by atoms with Gasteiger partial charge in [0.15, 0.2) is 0 Å². The first kappa shape index (κ1) is 14.6. The molecule has 2 aromatic rings. The van der Waals surface area contributed by atoms with Crippen LogP contribution in [0.25, 0.3) is 0 Å². The first-order valence-electron chi connectivity index (χ1n) is 6.74. The van der Waals surface area contributed by atoms with Gasteiger partial charge in [-0.15, -0.1) is 0 Å². The van der Waals surface area contributed by atoms with E-state index in [-0.39, 0.29) is 12.0 Å². The SMILES string of the molecule is COc1ncccc1C(=O)N1CC(Oc2ncccc2Cl)C1. The minimum atomic E-state index is -0.128. The minimum absolute atomic E-state index is 0.112. The first-order valence-corrected chi connectivity index (χ1v) is 7.12. The molecule has 7 heteroatoms. The van der Waals surface area contributed by atoms with Crippen LogP contribution in [0, 0.1) is 0 Å². The molecule has 22 heavy (non-hydrogen) atoms. The van der Waals surface area contributed by atoms with E-state index in [9.17, 15) is 4.79 Å². The quantitative estimate of drug-likeness (QED) is 0.863. The van der Waals surface area contributed by atoms with Crippen molar-refractivity contribution in [2.75, 3.05) is 20.2 Å². The average Bonchev–Trinajstić information content (AvgIpc) is 2.51. The van der Waals surface area contributed by atoms with Crippen LogP contribution in [0.1, 0.15) is 10.4 Å². The van der Waals surface area contributed by atoms with Crippen LogP contribution < -0.4 is 9.47 Å². The third kappa shape index (κ3) is 2.82. The number of methoxy groups -OCH3 is 1. The second kappa shape index (κ2) is 6.19. The maximum Gasteiger partial charge on any atom is 0.259 e. The summed E-state index contributed by atoms with van der Waals surface area (Å²) in [5, 5.41) is 0.459. The normalized spacial score (nSPS) is 14.4. The van der Waals surface area contributed by atoms with E-state index >= 15 is 0 Å². The van der Waals surface area contributed by atoms with Crippen LogP contribution in [0.3, 0.4) is 0 Å². The number of pyridine rings is 2. The number of likely N-dealkylation sites (tertiary alicyclic amines) is 1. The molecule has 1 aliphatic heterocycles. The topological polar surface area (TPSA) is 64.5 Å². The molecule has 6 nitrogen and oxygen atoms in total. The molecule has 0 spiro atoms. The number of rotatable bonds is 4. The lowest BCUT2D eigenvalue weighted by Crippen LogP contribution is -2.56. The van der Waals surface area contributed by atoms with Crippen molar-refractivity contribution < 1.29 is 14.3 Å². The number of carbonyl (C=O) groups excluding carboxylic acids is 1. The number of halogens is 1. The fourth-order valence-corrected chi connectivity index (χ4v) is 2.35. The van der Waals surface area contributed by atoms with Crippen LogP contribution in [-0.4, -0.2) is 47.1 Å². The van der Waals surface area contributed by atoms with Crippen molar-refractivity contribution in [3.63, 3.8) is 0 Å². The Kier molecular flexibility index (Phi) is 4.11. The largest absolute Gasteiger partial charge is 0.480 e. The summed E-state index contributed by atoms with van der Waals surface area (Å²) in [7, 11) is 1.49. The van der Waals surface area contributed by atoms with Crippen LogP contribution in [0.4, 0.5) is 0 Å². The molecule has 3 rings (SSSR count). The number of ether oxygens (including phenoxy) is 2. The highest BCUT2D eigenvalue weighted by Gasteiger charge is 2.34. The molecule has 0 atom stereocenters. The molecule has 1 amide bonds. The Hall–Kier alpha value is -2.34. The Morgan fingerprint density at radius 1 is 1.23 bits per heavy atom. The molecule has 2 aromatic heterocycles. The van der Waals surface area contributed by atoms with E-state index in [2.05, 4.69) is 9.97 Å². The highest BCUT2D eigenvalue weighted by atomic mass is 35.5. The van der Waals surface area contributed by atoms with Gasteiger partial charge >= 0.3 is 0 Å². The van der Waals surface area contributed by atoms with Gasteiger partial charge in [-0.05, 0) is 24.3 Å². The summed E-state index contributed by atoms with van der Waals surface area (Å²) in [6.07, 6.45) is 3.09. The number of amides is 1. The fraction of sp³-hybridized carbons (Fsp3) is 0.267. The molecular formula is C15H14ClN3O3. The highest BCUT2D eigenvalue weighted by molar-refractivity contribution is 6.31. The molecule has 0 N–H and O–H groups in total. The van der Waals surface area contributed by atoms with Gasteiger partial charge in [-0.25, -0.2) is 9.97 Å². The van der Waals surface area contributed by atoms with Crippen molar-refractivity contribution in [3.05, 3.63) is 47.2 Å². The van der Waals surface area contributed by atoms with Gasteiger partial charge in [0, 0.05) is 12.4 Å². The Labute approximate surface area is 132 Å². The van der Waals surface area contributed by atoms with Crippen LogP contribution in [-0.2, 0) is 0 Å². The number of carbonyl (C=O) groups is 1. The lowest BCUT2D eigenvalue weighted by Gasteiger charge is -2.38. The summed E-state index contributed by atoms with van der Waals surface area (Å²) >= 11 is 5.99. The fourth-order valence-electron chi connectivity index (χ4n) is 2.18. The summed E-state index contributed by atoms with van der Waals surface area (Å²) in [6.45, 7) is 0.952. The van der Waals surface area contributed by atoms with Gasteiger partial charge < -0.3 is 14.4 Å². The van der Waals surface area contributed by atoms with E-state index in [1.54, 1.807) is 41.6 Å². The molecule has 0 bridgehead atoms. The Bertz CT molecular complexity index is 689. The molecule has 0 aliphatic carbocycles. The van der Waals surface area contributed by atoms with Crippen molar-refractivity contribution in [1.29, 1.82) is 0 Å². The second-order valence-corrected chi connectivity index (χ2v) is 5.21. The van der Waals surface area contributed by atoms with E-state index in [1.165, 1.54) is 7.11 Å². The minimum Gasteiger partial charge on any atom is -0.480 e. The molecule has 1 saturated heterocycles. The summed E-state index contributed by atoms with van der Waals surface area (Å²) in [4.78, 5) is 22.1. The highest BCUT2D eigenvalue weighted by Crippen LogP contribution is 2.25. The van der Waals surface area contributed by atoms with Crippen molar-refractivity contribution in [3.8, 4) is 11.8 Å². The standard InChI is InChI=1S/C15H14ClN3O3/c1-21-13-11(4-2-6-17-13)15(20)19-8-10(9-19)22-14-12(16)5-3-7-18-14/h2-7,10H,8-9H2,1H3. The van der Waals surface area contributed by atoms with Crippen LogP contribution in [0.5, 0.6) is 11.8 Å². The van der Waals surface area contributed by atoms with Crippen LogP contribution in [0.2, 0.25) is 5.02 Å². The number of hydrogen-bond acceptors (Lipinski definition) is 5. The first-order chi connectivity index (χ1) is 10.7. The predicted molar refractivity (Wildman–Crippen MR) is 80.4 cm³/mol. The van der Waals surface area contributed by atoms with Crippen molar-refractivity contribution in [2.24, 2.45) is 0 Å². The third-order valence-corrected chi connectivity index (χ3v) is 3.62. The molecule has 3 heterocycles. The lowest BCUT2D eigenvalue weighted by atomic mass is 10.1. The molecule has 0 saturated carbocycles. The zero-order chi connectivity index (χ0) is 15.5. The lowest BCUT2D eigenvalue weighted by molar-refractivity contribution is 0.0158. The van der Waals surface area contributed by atoms with Gasteiger partial charge in [-0.2, -0.15) is 0 Å². The molecule has 1 aliphatic rings. The Morgan fingerprint density at radius 2 is 1.91 bits per heavy atom. The summed E-state index contributed by atoms with van der Waals surface area (Å²) in [5.41, 5.74) is 0.444. The van der Waals surface area contributed by atoms with Gasteiger partial charge in [0.2, 0.25) is 11.8 Å². The third-order valence-electron chi connectivity index (χ3n) is 3.33. The number of aromatic nitrogens is 2. The van der Waals surface area contributed by atoms with E-state index in [4.69, 9.17) is 21.1 Å². The molecule has 0 aromatic carbocycles. The molecule has 1 fully saturated rings. The number of nitrogens with zero attached hydrogens (tertiary/aromatic N) is 3. The Morgan fingerprint density at radius 3 is 2.59 bits per heavy atom. The van der Waals surface area contributed by atoms with Gasteiger partial charge in [0.1, 0.15) is 16.7 Å².